The lowest BCUT2D eigenvalue weighted by molar-refractivity contribution is 0.138. The molecule has 1 aromatic carbocycles. The molecule has 2 aromatic rings. The van der Waals surface area contributed by atoms with Gasteiger partial charge >= 0.3 is 6.09 Å². The highest BCUT2D eigenvalue weighted by Crippen LogP contribution is 2.16. The number of amides is 1. The lowest BCUT2D eigenvalue weighted by atomic mass is 10.1. The second-order valence-electron chi connectivity index (χ2n) is 8.84. The van der Waals surface area contributed by atoms with Crippen LogP contribution in [0.2, 0.25) is 0 Å². The zero-order chi connectivity index (χ0) is 23.6. The van der Waals surface area contributed by atoms with Crippen LogP contribution in [0, 0.1) is 0 Å². The lowest BCUT2D eigenvalue weighted by Crippen LogP contribution is -2.28. The smallest absolute Gasteiger partial charge is 0.407 e. The Kier molecular flexibility index (Phi) is 13.7. The molecule has 33 heavy (non-hydrogen) atoms. The van der Waals surface area contributed by atoms with Crippen LogP contribution >= 0.6 is 0 Å². The molecule has 5 nitrogen and oxygen atoms in total. The fourth-order valence-electron chi connectivity index (χ4n) is 3.92. The van der Waals surface area contributed by atoms with Crippen LogP contribution in [0.3, 0.4) is 0 Å². The molecule has 0 unspecified atom stereocenters. The molecule has 0 atom stereocenters. The minimum Gasteiger partial charge on any atom is -0.494 e. The van der Waals surface area contributed by atoms with Crippen molar-refractivity contribution in [3.63, 3.8) is 0 Å². The van der Waals surface area contributed by atoms with E-state index in [0.717, 1.165) is 30.0 Å². The first kappa shape index (κ1) is 26.7. The highest BCUT2D eigenvalue weighted by molar-refractivity contribution is 5.65. The first-order valence-corrected chi connectivity index (χ1v) is 12.8. The quantitative estimate of drug-likeness (QED) is 0.233. The summed E-state index contributed by atoms with van der Waals surface area (Å²) in [4.78, 5) is 17.2. The summed E-state index contributed by atoms with van der Waals surface area (Å²) in [6, 6.07) is 13.3. The van der Waals surface area contributed by atoms with Crippen LogP contribution < -0.4 is 4.74 Å². The SMILES string of the molecule is CCCCCCCCCCCCCCOc1ccc(CN(Cc2ccccn2)C(=O)O)cc1. The molecule has 5 heteroatoms. The Hall–Kier alpha value is -2.56. The van der Waals surface area contributed by atoms with E-state index in [4.69, 9.17) is 4.74 Å². The number of hydrogen-bond donors (Lipinski definition) is 1. The summed E-state index contributed by atoms with van der Waals surface area (Å²) in [5.41, 5.74) is 1.67. The number of ether oxygens (including phenoxy) is 1. The molecule has 0 aliphatic carbocycles. The summed E-state index contributed by atoms with van der Waals surface area (Å²) >= 11 is 0. The maximum absolute atomic E-state index is 11.6. The number of unbranched alkanes of at least 4 members (excludes halogenated alkanes) is 11. The zero-order valence-electron chi connectivity index (χ0n) is 20.4. The van der Waals surface area contributed by atoms with E-state index in [-0.39, 0.29) is 6.54 Å². The summed E-state index contributed by atoms with van der Waals surface area (Å²) in [6.45, 7) is 3.60. The maximum Gasteiger partial charge on any atom is 0.407 e. The van der Waals surface area contributed by atoms with Gasteiger partial charge in [-0.2, -0.15) is 0 Å². The Labute approximate surface area is 200 Å². The number of pyridine rings is 1. The van der Waals surface area contributed by atoms with E-state index in [1.165, 1.54) is 75.5 Å². The van der Waals surface area contributed by atoms with Gasteiger partial charge in [-0.05, 0) is 36.2 Å². The highest BCUT2D eigenvalue weighted by Gasteiger charge is 2.13. The Morgan fingerprint density at radius 3 is 1.97 bits per heavy atom. The Morgan fingerprint density at radius 1 is 0.818 bits per heavy atom. The topological polar surface area (TPSA) is 62.7 Å². The van der Waals surface area contributed by atoms with Crippen molar-refractivity contribution >= 4 is 6.09 Å². The van der Waals surface area contributed by atoms with Gasteiger partial charge in [0, 0.05) is 12.7 Å². The van der Waals surface area contributed by atoms with E-state index in [9.17, 15) is 9.90 Å². The largest absolute Gasteiger partial charge is 0.494 e. The average molecular weight is 455 g/mol. The summed E-state index contributed by atoms with van der Waals surface area (Å²) in [5.74, 6) is 0.841. The molecule has 0 fully saturated rings. The van der Waals surface area contributed by atoms with Gasteiger partial charge in [0.05, 0.1) is 18.8 Å². The first-order chi connectivity index (χ1) is 16.2. The molecule has 1 amide bonds. The normalized spacial score (nSPS) is 10.8. The minimum absolute atomic E-state index is 0.271. The lowest BCUT2D eigenvalue weighted by Gasteiger charge is -2.19. The van der Waals surface area contributed by atoms with E-state index < -0.39 is 6.09 Å². The van der Waals surface area contributed by atoms with Crippen molar-refractivity contribution in [3.8, 4) is 5.75 Å². The van der Waals surface area contributed by atoms with Crippen LogP contribution in [0.5, 0.6) is 5.75 Å². The molecule has 0 radical (unpaired) electrons. The number of rotatable bonds is 18. The van der Waals surface area contributed by atoms with Crippen LogP contribution in [0.15, 0.2) is 48.7 Å². The molecule has 0 bridgehead atoms. The van der Waals surface area contributed by atoms with Gasteiger partial charge in [0.25, 0.3) is 0 Å². The predicted octanol–water partition coefficient (Wildman–Crippen LogP) is 7.84. The molecule has 0 saturated heterocycles. The van der Waals surface area contributed by atoms with Crippen molar-refractivity contribution in [1.29, 1.82) is 0 Å². The first-order valence-electron chi connectivity index (χ1n) is 12.8. The second-order valence-corrected chi connectivity index (χ2v) is 8.84. The second kappa shape index (κ2) is 17.0. The van der Waals surface area contributed by atoms with Gasteiger partial charge in [0.15, 0.2) is 0 Å². The van der Waals surface area contributed by atoms with Gasteiger partial charge in [-0.3, -0.25) is 9.88 Å². The van der Waals surface area contributed by atoms with Gasteiger partial charge in [-0.1, -0.05) is 95.8 Å². The molecule has 182 valence electrons. The van der Waals surface area contributed by atoms with Gasteiger partial charge in [0.2, 0.25) is 0 Å². The van der Waals surface area contributed by atoms with Crippen molar-refractivity contribution in [2.75, 3.05) is 6.61 Å². The van der Waals surface area contributed by atoms with Crippen molar-refractivity contribution in [2.24, 2.45) is 0 Å². The molecule has 2 rings (SSSR count). The molecular weight excluding hydrogens is 412 g/mol. The Bertz CT molecular complexity index is 749. The third kappa shape index (κ3) is 12.3. The minimum atomic E-state index is -0.951. The molecule has 0 aliphatic heterocycles. The molecule has 0 aliphatic rings. The molecule has 0 spiro atoms. The van der Waals surface area contributed by atoms with Crippen LogP contribution in [0.25, 0.3) is 0 Å². The van der Waals surface area contributed by atoms with Crippen molar-refractivity contribution < 1.29 is 14.6 Å². The molecule has 1 N–H and O–H groups in total. The standard InChI is InChI=1S/C28H42N2O3/c1-2-3-4-5-6-7-8-9-10-11-12-15-22-33-27-19-17-25(18-20-27)23-30(28(31)32)24-26-16-13-14-21-29-26/h13-14,16-21H,2-12,15,22-24H2,1H3,(H,31,32). The molecular formula is C28H42N2O3. The summed E-state index contributed by atoms with van der Waals surface area (Å²) in [7, 11) is 0. The van der Waals surface area contributed by atoms with Gasteiger partial charge < -0.3 is 9.84 Å². The molecule has 1 aromatic heterocycles. The number of carboxylic acid groups (broad SMARTS) is 1. The van der Waals surface area contributed by atoms with Gasteiger partial charge in [-0.25, -0.2) is 4.79 Å². The monoisotopic (exact) mass is 454 g/mol. The number of benzene rings is 1. The number of hydrogen-bond acceptors (Lipinski definition) is 3. The zero-order valence-corrected chi connectivity index (χ0v) is 20.4. The maximum atomic E-state index is 11.6. The van der Waals surface area contributed by atoms with Crippen molar-refractivity contribution in [3.05, 3.63) is 59.9 Å². The molecule has 1 heterocycles. The fraction of sp³-hybridized carbons (Fsp3) is 0.571. The Balaban J connectivity index is 1.55. The van der Waals surface area contributed by atoms with Gasteiger partial charge in [-0.15, -0.1) is 0 Å². The van der Waals surface area contributed by atoms with Crippen molar-refractivity contribution in [1.82, 2.24) is 9.88 Å². The highest BCUT2D eigenvalue weighted by atomic mass is 16.5. The van der Waals surface area contributed by atoms with Gasteiger partial charge in [0.1, 0.15) is 5.75 Å². The summed E-state index contributed by atoms with van der Waals surface area (Å²) in [5, 5.41) is 9.51. The Morgan fingerprint density at radius 2 is 1.42 bits per heavy atom. The van der Waals surface area contributed by atoms with Crippen LogP contribution in [-0.4, -0.2) is 27.7 Å². The van der Waals surface area contributed by atoms with E-state index >= 15 is 0 Å². The van der Waals surface area contributed by atoms with Crippen LogP contribution in [0.4, 0.5) is 4.79 Å². The fourth-order valence-corrected chi connectivity index (χ4v) is 3.92. The van der Waals surface area contributed by atoms with E-state index in [1.807, 2.05) is 42.5 Å². The van der Waals surface area contributed by atoms with Crippen LogP contribution in [0.1, 0.15) is 95.2 Å². The summed E-state index contributed by atoms with van der Waals surface area (Å²) in [6.07, 6.45) is 16.7. The van der Waals surface area contributed by atoms with E-state index in [0.29, 0.717) is 6.54 Å². The number of aromatic nitrogens is 1. The van der Waals surface area contributed by atoms with E-state index in [2.05, 4.69) is 11.9 Å². The predicted molar refractivity (Wildman–Crippen MR) is 135 cm³/mol. The van der Waals surface area contributed by atoms with Crippen molar-refractivity contribution in [2.45, 2.75) is 97.1 Å². The number of nitrogens with zero attached hydrogens (tertiary/aromatic N) is 2. The third-order valence-corrected chi connectivity index (χ3v) is 5.91. The third-order valence-electron chi connectivity index (χ3n) is 5.91. The number of carbonyl (C=O) groups is 1. The average Bonchev–Trinajstić information content (AvgIpc) is 2.83. The molecule has 0 saturated carbocycles. The summed E-state index contributed by atoms with van der Waals surface area (Å²) < 4.78 is 5.86. The van der Waals surface area contributed by atoms with E-state index in [1.54, 1.807) is 6.20 Å². The van der Waals surface area contributed by atoms with Crippen LogP contribution in [-0.2, 0) is 13.1 Å².